The van der Waals surface area contributed by atoms with Gasteiger partial charge in [-0.2, -0.15) is 0 Å². The zero-order chi connectivity index (χ0) is 14.7. The summed E-state index contributed by atoms with van der Waals surface area (Å²) in [5.41, 5.74) is 1.89. The highest BCUT2D eigenvalue weighted by atomic mass is 16.5. The van der Waals surface area contributed by atoms with E-state index in [0.717, 1.165) is 10.8 Å². The molecule has 3 rings (SSSR count). The minimum Gasteiger partial charge on any atom is -0.485 e. The lowest BCUT2D eigenvalue weighted by Crippen LogP contribution is -2.12. The first-order valence-electron chi connectivity index (χ1n) is 6.95. The van der Waals surface area contributed by atoms with Gasteiger partial charge in [0, 0.05) is 5.56 Å². The fourth-order valence-corrected chi connectivity index (χ4v) is 2.44. The Labute approximate surface area is 124 Å². The molecule has 0 saturated carbocycles. The maximum atomic E-state index is 12.4. The molecule has 0 radical (unpaired) electrons. The number of hydrogen-bond donors (Lipinski definition) is 0. The van der Waals surface area contributed by atoms with Crippen molar-refractivity contribution >= 4 is 16.6 Å². The summed E-state index contributed by atoms with van der Waals surface area (Å²) in [6.07, 6.45) is 0. The van der Waals surface area contributed by atoms with Gasteiger partial charge in [-0.05, 0) is 35.4 Å². The van der Waals surface area contributed by atoms with Gasteiger partial charge < -0.3 is 4.74 Å². The monoisotopic (exact) mass is 276 g/mol. The average molecular weight is 276 g/mol. The van der Waals surface area contributed by atoms with E-state index in [9.17, 15) is 4.79 Å². The van der Waals surface area contributed by atoms with Crippen molar-refractivity contribution in [2.45, 2.75) is 6.92 Å². The fourth-order valence-electron chi connectivity index (χ4n) is 2.44. The first-order valence-corrected chi connectivity index (χ1v) is 6.95. The summed E-state index contributed by atoms with van der Waals surface area (Å²) < 4.78 is 5.55. The van der Waals surface area contributed by atoms with Crippen molar-refractivity contribution in [2.75, 3.05) is 6.61 Å². The predicted octanol–water partition coefficient (Wildman–Crippen LogP) is 4.41. The molecule has 3 aromatic carbocycles. The second-order valence-electron chi connectivity index (χ2n) is 5.00. The van der Waals surface area contributed by atoms with Crippen molar-refractivity contribution in [2.24, 2.45) is 0 Å². The number of aryl methyl sites for hydroxylation is 1. The average Bonchev–Trinajstić information content (AvgIpc) is 2.54. The Bertz CT molecular complexity index is 776. The smallest absolute Gasteiger partial charge is 0.200 e. The minimum absolute atomic E-state index is 0.00458. The maximum absolute atomic E-state index is 12.4. The number of Topliss-reactive ketones (excluding diaryl/α,β-unsaturated/α-hetero) is 1. The molecule has 104 valence electrons. The lowest BCUT2D eigenvalue weighted by molar-refractivity contribution is 0.0923. The van der Waals surface area contributed by atoms with Gasteiger partial charge in [-0.3, -0.25) is 4.79 Å². The number of ketones is 1. The Morgan fingerprint density at radius 3 is 2.29 bits per heavy atom. The van der Waals surface area contributed by atoms with Gasteiger partial charge in [0.1, 0.15) is 5.75 Å². The van der Waals surface area contributed by atoms with Gasteiger partial charge in [-0.15, -0.1) is 0 Å². The molecule has 0 aliphatic heterocycles. The molecular formula is C19H16O2. The number of ether oxygens (including phenoxy) is 1. The number of para-hydroxylation sites is 1. The second-order valence-corrected chi connectivity index (χ2v) is 5.00. The molecule has 0 bridgehead atoms. The van der Waals surface area contributed by atoms with Gasteiger partial charge in [0.15, 0.2) is 6.61 Å². The quantitative estimate of drug-likeness (QED) is 0.660. The van der Waals surface area contributed by atoms with Crippen molar-refractivity contribution in [1.29, 1.82) is 0 Å². The highest BCUT2D eigenvalue weighted by molar-refractivity contribution is 6.09. The molecule has 0 heterocycles. The van der Waals surface area contributed by atoms with Gasteiger partial charge >= 0.3 is 0 Å². The predicted molar refractivity (Wildman–Crippen MR) is 85.0 cm³/mol. The van der Waals surface area contributed by atoms with E-state index in [-0.39, 0.29) is 12.4 Å². The fraction of sp³-hybridized carbons (Fsp3) is 0.105. The van der Waals surface area contributed by atoms with E-state index < -0.39 is 0 Å². The molecule has 3 aromatic rings. The third kappa shape index (κ3) is 2.79. The van der Waals surface area contributed by atoms with Crippen LogP contribution in [-0.4, -0.2) is 12.4 Å². The van der Waals surface area contributed by atoms with E-state index in [1.807, 2.05) is 66.7 Å². The molecule has 0 aromatic heterocycles. The number of carbonyl (C=O) groups excluding carboxylic acids is 1. The van der Waals surface area contributed by atoms with E-state index in [4.69, 9.17) is 4.74 Å². The van der Waals surface area contributed by atoms with Crippen LogP contribution in [0.3, 0.4) is 0 Å². The lowest BCUT2D eigenvalue weighted by atomic mass is 9.98. The zero-order valence-electron chi connectivity index (χ0n) is 11.9. The molecule has 0 saturated heterocycles. The molecule has 0 aliphatic carbocycles. The summed E-state index contributed by atoms with van der Waals surface area (Å²) in [6, 6.07) is 21.2. The Hall–Kier alpha value is -2.61. The van der Waals surface area contributed by atoms with Crippen LogP contribution in [0.25, 0.3) is 10.8 Å². The third-order valence-corrected chi connectivity index (χ3v) is 3.56. The maximum Gasteiger partial charge on any atom is 0.200 e. The topological polar surface area (TPSA) is 26.3 Å². The van der Waals surface area contributed by atoms with E-state index in [1.165, 1.54) is 5.56 Å². The number of benzene rings is 3. The van der Waals surface area contributed by atoms with Crippen LogP contribution in [-0.2, 0) is 0 Å². The zero-order valence-corrected chi connectivity index (χ0v) is 11.9. The van der Waals surface area contributed by atoms with Crippen molar-refractivity contribution in [3.05, 3.63) is 77.9 Å². The van der Waals surface area contributed by atoms with Crippen LogP contribution < -0.4 is 4.74 Å². The van der Waals surface area contributed by atoms with Crippen LogP contribution in [0.2, 0.25) is 0 Å². The standard InChI is InChI=1S/C19H16O2/c1-14-11-12-18(17-10-6-5-9-16(14)17)19(20)13-21-15-7-3-2-4-8-15/h2-12H,13H2,1H3. The normalized spacial score (nSPS) is 10.5. The Kier molecular flexibility index (Phi) is 3.69. The van der Waals surface area contributed by atoms with E-state index in [2.05, 4.69) is 6.92 Å². The lowest BCUT2D eigenvalue weighted by Gasteiger charge is -2.09. The molecule has 0 fully saturated rings. The van der Waals surface area contributed by atoms with Gasteiger partial charge in [0.25, 0.3) is 0 Å². The summed E-state index contributed by atoms with van der Waals surface area (Å²) >= 11 is 0. The summed E-state index contributed by atoms with van der Waals surface area (Å²) in [5, 5.41) is 2.10. The van der Waals surface area contributed by atoms with E-state index in [0.29, 0.717) is 11.3 Å². The number of rotatable bonds is 4. The summed E-state index contributed by atoms with van der Waals surface area (Å²) in [6.45, 7) is 2.11. The van der Waals surface area contributed by atoms with Crippen LogP contribution in [0.15, 0.2) is 66.7 Å². The molecule has 0 spiro atoms. The van der Waals surface area contributed by atoms with Crippen molar-refractivity contribution in [1.82, 2.24) is 0 Å². The summed E-state index contributed by atoms with van der Waals surface area (Å²) in [7, 11) is 0. The van der Waals surface area contributed by atoms with Crippen LogP contribution in [0.1, 0.15) is 15.9 Å². The van der Waals surface area contributed by atoms with Crippen molar-refractivity contribution in [3.63, 3.8) is 0 Å². The van der Waals surface area contributed by atoms with Crippen LogP contribution in [0, 0.1) is 6.92 Å². The van der Waals surface area contributed by atoms with E-state index in [1.54, 1.807) is 0 Å². The molecule has 0 unspecified atom stereocenters. The molecule has 21 heavy (non-hydrogen) atoms. The minimum atomic E-state index is -0.00458. The largest absolute Gasteiger partial charge is 0.485 e. The van der Waals surface area contributed by atoms with E-state index >= 15 is 0 Å². The first-order chi connectivity index (χ1) is 10.3. The molecule has 0 atom stereocenters. The highest BCUT2D eigenvalue weighted by Gasteiger charge is 2.11. The second kappa shape index (κ2) is 5.80. The number of hydrogen-bond acceptors (Lipinski definition) is 2. The van der Waals surface area contributed by atoms with Gasteiger partial charge in [0.2, 0.25) is 5.78 Å². The van der Waals surface area contributed by atoms with Gasteiger partial charge in [-0.1, -0.05) is 54.6 Å². The van der Waals surface area contributed by atoms with Gasteiger partial charge in [-0.25, -0.2) is 0 Å². The number of carbonyl (C=O) groups is 1. The van der Waals surface area contributed by atoms with Gasteiger partial charge in [0.05, 0.1) is 0 Å². The molecule has 2 heteroatoms. The SMILES string of the molecule is Cc1ccc(C(=O)COc2ccccc2)c2ccccc12. The Balaban J connectivity index is 1.87. The summed E-state index contributed by atoms with van der Waals surface area (Å²) in [5.74, 6) is 0.706. The molecule has 0 N–H and O–H groups in total. The van der Waals surface area contributed by atoms with Crippen LogP contribution in [0.4, 0.5) is 0 Å². The third-order valence-electron chi connectivity index (χ3n) is 3.56. The molecule has 0 aliphatic rings. The molecular weight excluding hydrogens is 260 g/mol. The molecule has 2 nitrogen and oxygen atoms in total. The first kappa shape index (κ1) is 13.4. The van der Waals surface area contributed by atoms with Crippen molar-refractivity contribution < 1.29 is 9.53 Å². The van der Waals surface area contributed by atoms with Crippen molar-refractivity contribution in [3.8, 4) is 5.75 Å². The summed E-state index contributed by atoms with van der Waals surface area (Å²) in [4.78, 5) is 12.4. The van der Waals surface area contributed by atoms with Crippen LogP contribution in [0.5, 0.6) is 5.75 Å². The number of fused-ring (bicyclic) bond motifs is 1. The molecule has 0 amide bonds. The van der Waals surface area contributed by atoms with Crippen LogP contribution >= 0.6 is 0 Å². The Morgan fingerprint density at radius 1 is 0.857 bits per heavy atom. The highest BCUT2D eigenvalue weighted by Crippen LogP contribution is 2.23. The Morgan fingerprint density at radius 2 is 1.52 bits per heavy atom.